The SMILES string of the molecule is CC1(C)OC2[C@@H](O1)[C@H](n1cnc3c(NC4CCCC4)ncnc31)O[C@@H]2C#Cc1ccccc1C(F)(F)F. The number of benzene rings is 1. The van der Waals surface area contributed by atoms with Crippen molar-refractivity contribution in [2.75, 3.05) is 5.32 Å². The number of ether oxygens (including phenoxy) is 3. The molecule has 4 heterocycles. The van der Waals surface area contributed by atoms with Gasteiger partial charge in [-0.15, -0.1) is 0 Å². The molecule has 1 aromatic carbocycles. The molecule has 1 saturated carbocycles. The first-order valence-corrected chi connectivity index (χ1v) is 12.3. The molecule has 6 rings (SSSR count). The number of rotatable bonds is 3. The van der Waals surface area contributed by atoms with E-state index in [0.29, 0.717) is 23.0 Å². The average molecular weight is 514 g/mol. The van der Waals surface area contributed by atoms with E-state index in [-0.39, 0.29) is 5.56 Å². The van der Waals surface area contributed by atoms with Crippen molar-refractivity contribution in [2.45, 2.75) is 82.1 Å². The van der Waals surface area contributed by atoms with Crippen molar-refractivity contribution >= 4 is 17.0 Å². The Morgan fingerprint density at radius 3 is 2.59 bits per heavy atom. The van der Waals surface area contributed by atoms with E-state index in [1.807, 2.05) is 0 Å². The fraction of sp³-hybridized carbons (Fsp3) is 0.500. The Morgan fingerprint density at radius 2 is 1.81 bits per heavy atom. The maximum Gasteiger partial charge on any atom is 0.417 e. The molecule has 0 bridgehead atoms. The zero-order valence-electron chi connectivity index (χ0n) is 20.3. The molecule has 2 aliphatic heterocycles. The maximum atomic E-state index is 13.5. The summed E-state index contributed by atoms with van der Waals surface area (Å²) in [4.78, 5) is 13.4. The van der Waals surface area contributed by atoms with Crippen LogP contribution >= 0.6 is 0 Å². The second-order valence-electron chi connectivity index (χ2n) is 10.00. The monoisotopic (exact) mass is 513 g/mol. The Balaban J connectivity index is 1.33. The number of aromatic nitrogens is 4. The van der Waals surface area contributed by atoms with E-state index in [9.17, 15) is 13.2 Å². The third-order valence-electron chi connectivity index (χ3n) is 6.94. The van der Waals surface area contributed by atoms with Gasteiger partial charge in [0.15, 0.2) is 29.0 Å². The second kappa shape index (κ2) is 8.97. The van der Waals surface area contributed by atoms with Crippen LogP contribution in [0.2, 0.25) is 0 Å². The van der Waals surface area contributed by atoms with Gasteiger partial charge in [-0.25, -0.2) is 15.0 Å². The summed E-state index contributed by atoms with van der Waals surface area (Å²) < 4.78 is 60.6. The van der Waals surface area contributed by atoms with Crippen molar-refractivity contribution < 1.29 is 27.4 Å². The molecule has 194 valence electrons. The summed E-state index contributed by atoms with van der Waals surface area (Å²) in [6.45, 7) is 3.56. The summed E-state index contributed by atoms with van der Waals surface area (Å²) in [5, 5.41) is 3.47. The van der Waals surface area contributed by atoms with Crippen LogP contribution in [-0.2, 0) is 20.4 Å². The largest absolute Gasteiger partial charge is 0.417 e. The highest BCUT2D eigenvalue weighted by Crippen LogP contribution is 2.44. The van der Waals surface area contributed by atoms with Crippen LogP contribution in [0.15, 0.2) is 36.9 Å². The Morgan fingerprint density at radius 1 is 1.05 bits per heavy atom. The van der Waals surface area contributed by atoms with Crippen molar-refractivity contribution in [2.24, 2.45) is 0 Å². The first-order chi connectivity index (χ1) is 17.7. The van der Waals surface area contributed by atoms with Crippen molar-refractivity contribution in [3.8, 4) is 11.8 Å². The molecule has 0 radical (unpaired) electrons. The number of nitrogens with one attached hydrogen (secondary N) is 1. The number of imidazole rings is 1. The van der Waals surface area contributed by atoms with E-state index >= 15 is 0 Å². The third kappa shape index (κ3) is 4.54. The highest BCUT2D eigenvalue weighted by Gasteiger charge is 2.56. The molecule has 4 atom stereocenters. The number of hydrogen-bond acceptors (Lipinski definition) is 7. The fourth-order valence-corrected chi connectivity index (χ4v) is 5.31. The number of anilines is 1. The minimum atomic E-state index is -4.51. The van der Waals surface area contributed by atoms with E-state index in [1.165, 1.54) is 37.4 Å². The fourth-order valence-electron chi connectivity index (χ4n) is 5.31. The molecule has 2 saturated heterocycles. The summed E-state index contributed by atoms with van der Waals surface area (Å²) >= 11 is 0. The van der Waals surface area contributed by atoms with Gasteiger partial charge in [-0.05, 0) is 38.8 Å². The van der Waals surface area contributed by atoms with Crippen molar-refractivity contribution in [1.82, 2.24) is 19.5 Å². The van der Waals surface area contributed by atoms with Gasteiger partial charge in [0.2, 0.25) is 0 Å². The van der Waals surface area contributed by atoms with Crippen LogP contribution in [0.5, 0.6) is 0 Å². The van der Waals surface area contributed by atoms with Gasteiger partial charge in [0, 0.05) is 11.6 Å². The minimum Gasteiger partial charge on any atom is -0.365 e. The van der Waals surface area contributed by atoms with Gasteiger partial charge in [0.1, 0.15) is 24.6 Å². The van der Waals surface area contributed by atoms with Crippen molar-refractivity contribution in [3.63, 3.8) is 0 Å². The summed E-state index contributed by atoms with van der Waals surface area (Å²) in [5.41, 5.74) is 0.252. The summed E-state index contributed by atoms with van der Waals surface area (Å²) in [7, 11) is 0. The second-order valence-corrected chi connectivity index (χ2v) is 10.00. The molecule has 8 nitrogen and oxygen atoms in total. The van der Waals surface area contributed by atoms with Gasteiger partial charge in [-0.1, -0.05) is 36.8 Å². The first kappa shape index (κ1) is 24.2. The number of nitrogens with zero attached hydrogens (tertiary/aromatic N) is 4. The molecule has 0 spiro atoms. The van der Waals surface area contributed by atoms with E-state index in [1.54, 1.807) is 24.7 Å². The predicted octanol–water partition coefficient (Wildman–Crippen LogP) is 4.67. The highest BCUT2D eigenvalue weighted by molar-refractivity contribution is 5.82. The van der Waals surface area contributed by atoms with Crippen LogP contribution < -0.4 is 5.32 Å². The van der Waals surface area contributed by atoms with Gasteiger partial charge in [-0.2, -0.15) is 13.2 Å². The average Bonchev–Trinajstić information content (AvgIpc) is 3.62. The molecule has 3 aliphatic rings. The van der Waals surface area contributed by atoms with Crippen molar-refractivity contribution in [3.05, 3.63) is 48.0 Å². The zero-order chi connectivity index (χ0) is 25.8. The molecule has 1 aliphatic carbocycles. The van der Waals surface area contributed by atoms with E-state index in [2.05, 4.69) is 32.1 Å². The van der Waals surface area contributed by atoms with Crippen LogP contribution in [0.25, 0.3) is 11.2 Å². The number of hydrogen-bond donors (Lipinski definition) is 1. The number of alkyl halides is 3. The maximum absolute atomic E-state index is 13.5. The summed E-state index contributed by atoms with van der Waals surface area (Å²) in [6, 6.07) is 5.56. The molecule has 1 unspecified atom stereocenters. The topological polar surface area (TPSA) is 83.3 Å². The lowest BCUT2D eigenvalue weighted by Gasteiger charge is -2.23. The van der Waals surface area contributed by atoms with Gasteiger partial charge < -0.3 is 19.5 Å². The molecule has 0 amide bonds. The van der Waals surface area contributed by atoms with E-state index < -0.39 is 42.1 Å². The Bertz CT molecular complexity index is 1370. The normalized spacial score (nSPS) is 27.3. The molecule has 3 aromatic rings. The highest BCUT2D eigenvalue weighted by atomic mass is 19.4. The minimum absolute atomic E-state index is 0.125. The zero-order valence-corrected chi connectivity index (χ0v) is 20.3. The Kier molecular flexibility index (Phi) is 5.86. The smallest absolute Gasteiger partial charge is 0.365 e. The molecule has 1 N–H and O–H groups in total. The molecule has 2 aromatic heterocycles. The predicted molar refractivity (Wildman–Crippen MR) is 127 cm³/mol. The summed E-state index contributed by atoms with van der Waals surface area (Å²) in [6.07, 6.45) is 0.421. The van der Waals surface area contributed by atoms with Gasteiger partial charge in [-0.3, -0.25) is 4.57 Å². The number of halogens is 3. The lowest BCUT2D eigenvalue weighted by atomic mass is 10.1. The Labute approximate surface area is 211 Å². The van der Waals surface area contributed by atoms with Crippen LogP contribution in [0.4, 0.5) is 19.0 Å². The molecular formula is C26H26F3N5O3. The Hall–Kier alpha value is -3.20. The van der Waals surface area contributed by atoms with E-state index in [4.69, 9.17) is 14.2 Å². The molecule has 3 fully saturated rings. The van der Waals surface area contributed by atoms with Gasteiger partial charge >= 0.3 is 6.18 Å². The van der Waals surface area contributed by atoms with Crippen molar-refractivity contribution in [1.29, 1.82) is 0 Å². The standard InChI is InChI=1S/C26H26F3N5O3/c1-25(2)36-20-18(12-11-15-7-3-6-10-17(15)26(27,28)29)35-24(21(20)37-25)34-14-32-19-22(30-13-31-23(19)34)33-16-8-4-5-9-16/h3,6-7,10,13-14,16,18,20-21,24H,4-5,8-9H2,1-2H3,(H,30,31,33)/t18-,20?,21-,24-/m1/s1. The lowest BCUT2D eigenvalue weighted by Crippen LogP contribution is -2.28. The molecule has 37 heavy (non-hydrogen) atoms. The third-order valence-corrected chi connectivity index (χ3v) is 6.94. The van der Waals surface area contributed by atoms with Crippen LogP contribution in [0, 0.1) is 11.8 Å². The van der Waals surface area contributed by atoms with Gasteiger partial charge in [0.25, 0.3) is 0 Å². The lowest BCUT2D eigenvalue weighted by molar-refractivity contribution is -0.190. The number of fused-ring (bicyclic) bond motifs is 2. The van der Waals surface area contributed by atoms with Gasteiger partial charge in [0.05, 0.1) is 11.9 Å². The molecular weight excluding hydrogens is 487 g/mol. The summed E-state index contributed by atoms with van der Waals surface area (Å²) in [5.74, 6) is 5.27. The molecule has 11 heteroatoms. The van der Waals surface area contributed by atoms with Crippen LogP contribution in [-0.4, -0.2) is 49.7 Å². The van der Waals surface area contributed by atoms with Crippen LogP contribution in [0.1, 0.15) is 56.9 Å². The first-order valence-electron chi connectivity index (χ1n) is 12.3. The van der Waals surface area contributed by atoms with E-state index in [0.717, 1.165) is 18.9 Å². The quantitative estimate of drug-likeness (QED) is 0.510. The van der Waals surface area contributed by atoms with Crippen LogP contribution in [0.3, 0.4) is 0 Å².